The third kappa shape index (κ3) is 15.4. The second-order valence-electron chi connectivity index (χ2n) is 5.34. The summed E-state index contributed by atoms with van der Waals surface area (Å²) in [7, 11) is 0. The van der Waals surface area contributed by atoms with Gasteiger partial charge in [-0.15, -0.1) is 12.4 Å². The minimum Gasteiger partial charge on any atom is -0.465 e. The molecule has 0 fully saturated rings. The van der Waals surface area contributed by atoms with Crippen LogP contribution in [0.25, 0.3) is 0 Å². The van der Waals surface area contributed by atoms with Gasteiger partial charge in [0.15, 0.2) is 5.96 Å². The van der Waals surface area contributed by atoms with E-state index in [9.17, 15) is 4.79 Å². The van der Waals surface area contributed by atoms with Crippen molar-refractivity contribution in [3.05, 3.63) is 0 Å². The summed E-state index contributed by atoms with van der Waals surface area (Å²) in [5.41, 5.74) is 16.2. The van der Waals surface area contributed by atoms with Crippen LogP contribution in [0.1, 0.15) is 64.7 Å². The molecular formula is C15H33ClN4O2. The fraction of sp³-hybridized carbons (Fsp3) is 0.867. The Morgan fingerprint density at radius 2 is 1.64 bits per heavy atom. The standard InChI is InChI=1S/C15H32N4O2.ClH/c1-2-3-4-5-6-7-8-12-21-14(20)13(16)10-9-11-19-15(17)18;/h13H,2-12,16H2,1H3,(H4,17,18,19);1H/t13-;/m0./s1. The summed E-state index contributed by atoms with van der Waals surface area (Å²) in [5, 5.41) is 0. The third-order valence-corrected chi connectivity index (χ3v) is 3.26. The monoisotopic (exact) mass is 336 g/mol. The summed E-state index contributed by atoms with van der Waals surface area (Å²) in [4.78, 5) is 15.5. The highest BCUT2D eigenvalue weighted by Gasteiger charge is 2.13. The molecular weight excluding hydrogens is 304 g/mol. The zero-order chi connectivity index (χ0) is 15.9. The van der Waals surface area contributed by atoms with E-state index in [0.717, 1.165) is 12.8 Å². The predicted octanol–water partition coefficient (Wildman–Crippen LogP) is 2.08. The molecule has 0 aliphatic heterocycles. The number of hydrogen-bond donors (Lipinski definition) is 3. The van der Waals surface area contributed by atoms with Crippen LogP contribution in [0.3, 0.4) is 0 Å². The molecule has 0 bridgehead atoms. The van der Waals surface area contributed by atoms with Crippen LogP contribution in [0, 0.1) is 0 Å². The number of guanidine groups is 1. The molecule has 0 saturated carbocycles. The van der Waals surface area contributed by atoms with Gasteiger partial charge in [0.2, 0.25) is 0 Å². The van der Waals surface area contributed by atoms with Crippen molar-refractivity contribution in [1.82, 2.24) is 0 Å². The minimum absolute atomic E-state index is 0. The van der Waals surface area contributed by atoms with E-state index in [4.69, 9.17) is 21.9 Å². The molecule has 0 aliphatic carbocycles. The fourth-order valence-corrected chi connectivity index (χ4v) is 1.98. The molecule has 0 amide bonds. The number of unbranched alkanes of at least 4 members (excludes halogenated alkanes) is 6. The predicted molar refractivity (Wildman–Crippen MR) is 94.1 cm³/mol. The van der Waals surface area contributed by atoms with Crippen molar-refractivity contribution in [3.8, 4) is 0 Å². The third-order valence-electron chi connectivity index (χ3n) is 3.26. The maximum Gasteiger partial charge on any atom is 0.322 e. The van der Waals surface area contributed by atoms with Crippen molar-refractivity contribution >= 4 is 24.3 Å². The summed E-state index contributed by atoms with van der Waals surface area (Å²) in [5.74, 6) is -0.268. The Morgan fingerprint density at radius 3 is 2.23 bits per heavy atom. The summed E-state index contributed by atoms with van der Waals surface area (Å²) >= 11 is 0. The second kappa shape index (κ2) is 16.4. The number of carbonyl (C=O) groups is 1. The molecule has 0 aliphatic rings. The highest BCUT2D eigenvalue weighted by molar-refractivity contribution is 5.85. The first-order chi connectivity index (χ1) is 10.1. The van der Waals surface area contributed by atoms with Gasteiger partial charge in [0.1, 0.15) is 6.04 Å². The second-order valence-corrected chi connectivity index (χ2v) is 5.34. The zero-order valence-corrected chi connectivity index (χ0v) is 14.6. The van der Waals surface area contributed by atoms with Gasteiger partial charge in [-0.25, -0.2) is 0 Å². The first-order valence-electron chi connectivity index (χ1n) is 8.05. The van der Waals surface area contributed by atoms with E-state index in [1.54, 1.807) is 0 Å². The van der Waals surface area contributed by atoms with Gasteiger partial charge in [-0.3, -0.25) is 9.79 Å². The molecule has 1 atom stereocenters. The molecule has 6 N–H and O–H groups in total. The number of rotatable bonds is 13. The average Bonchev–Trinajstić information content (AvgIpc) is 2.45. The topological polar surface area (TPSA) is 117 Å². The molecule has 0 aromatic rings. The smallest absolute Gasteiger partial charge is 0.322 e. The Morgan fingerprint density at radius 1 is 1.05 bits per heavy atom. The van der Waals surface area contributed by atoms with Crippen LogP contribution in [-0.4, -0.2) is 31.1 Å². The number of ether oxygens (including phenoxy) is 1. The Kier molecular flexibility index (Phi) is 17.3. The maximum absolute atomic E-state index is 11.6. The van der Waals surface area contributed by atoms with Crippen molar-refractivity contribution in [2.75, 3.05) is 13.2 Å². The number of halogens is 1. The van der Waals surface area contributed by atoms with Crippen molar-refractivity contribution in [1.29, 1.82) is 0 Å². The highest BCUT2D eigenvalue weighted by atomic mass is 35.5. The fourth-order valence-electron chi connectivity index (χ4n) is 1.98. The summed E-state index contributed by atoms with van der Waals surface area (Å²) in [6, 6.07) is -0.580. The number of esters is 1. The summed E-state index contributed by atoms with van der Waals surface area (Å²) in [6.45, 7) is 3.16. The molecule has 0 rings (SSSR count). The van der Waals surface area contributed by atoms with Gasteiger partial charge in [0.25, 0.3) is 0 Å². The number of carbonyl (C=O) groups excluding carboxylic acids is 1. The molecule has 132 valence electrons. The van der Waals surface area contributed by atoms with E-state index in [1.807, 2.05) is 0 Å². The van der Waals surface area contributed by atoms with Crippen LogP contribution in [0.4, 0.5) is 0 Å². The lowest BCUT2D eigenvalue weighted by Gasteiger charge is -2.10. The average molecular weight is 337 g/mol. The molecule has 0 saturated heterocycles. The SMILES string of the molecule is CCCCCCCCCOC(=O)[C@@H](N)CCCN=C(N)N.Cl. The molecule has 0 heterocycles. The molecule has 22 heavy (non-hydrogen) atoms. The Labute approximate surface area is 140 Å². The molecule has 0 spiro atoms. The number of hydrogen-bond acceptors (Lipinski definition) is 4. The largest absolute Gasteiger partial charge is 0.465 e. The van der Waals surface area contributed by atoms with E-state index >= 15 is 0 Å². The molecule has 6 nitrogen and oxygen atoms in total. The van der Waals surface area contributed by atoms with E-state index < -0.39 is 6.04 Å². The van der Waals surface area contributed by atoms with Gasteiger partial charge in [0.05, 0.1) is 6.61 Å². The maximum atomic E-state index is 11.6. The van der Waals surface area contributed by atoms with Crippen LogP contribution in [0.2, 0.25) is 0 Å². The molecule has 0 radical (unpaired) electrons. The van der Waals surface area contributed by atoms with E-state index in [2.05, 4.69) is 11.9 Å². The Hall–Kier alpha value is -1.01. The van der Waals surface area contributed by atoms with Crippen molar-refractivity contribution in [2.45, 2.75) is 70.8 Å². The zero-order valence-electron chi connectivity index (χ0n) is 13.8. The highest BCUT2D eigenvalue weighted by Crippen LogP contribution is 2.07. The quantitative estimate of drug-likeness (QED) is 0.206. The van der Waals surface area contributed by atoms with E-state index in [1.165, 1.54) is 32.1 Å². The minimum atomic E-state index is -0.580. The molecule has 0 aromatic heterocycles. The van der Waals surface area contributed by atoms with Crippen molar-refractivity contribution < 1.29 is 9.53 Å². The lowest BCUT2D eigenvalue weighted by molar-refractivity contribution is -0.145. The van der Waals surface area contributed by atoms with Crippen LogP contribution < -0.4 is 17.2 Å². The number of aliphatic imine (C=N–C) groups is 1. The molecule has 7 heteroatoms. The van der Waals surface area contributed by atoms with Crippen LogP contribution in [0.5, 0.6) is 0 Å². The van der Waals surface area contributed by atoms with Gasteiger partial charge in [-0.1, -0.05) is 45.4 Å². The molecule has 0 aromatic carbocycles. The normalized spacial score (nSPS) is 11.4. The van der Waals surface area contributed by atoms with Gasteiger partial charge < -0.3 is 21.9 Å². The van der Waals surface area contributed by atoms with Gasteiger partial charge in [0, 0.05) is 6.54 Å². The number of nitrogens with two attached hydrogens (primary N) is 3. The van der Waals surface area contributed by atoms with E-state index in [0.29, 0.717) is 26.0 Å². The van der Waals surface area contributed by atoms with Gasteiger partial charge in [-0.05, 0) is 19.3 Å². The Balaban J connectivity index is 0. The Bertz CT molecular complexity index is 297. The lowest BCUT2D eigenvalue weighted by Crippen LogP contribution is -2.32. The first kappa shape index (κ1) is 23.3. The molecule has 0 unspecified atom stereocenters. The summed E-state index contributed by atoms with van der Waals surface area (Å²) in [6.07, 6.45) is 9.58. The van der Waals surface area contributed by atoms with Crippen molar-refractivity contribution in [2.24, 2.45) is 22.2 Å². The number of nitrogens with zero attached hydrogens (tertiary/aromatic N) is 1. The van der Waals surface area contributed by atoms with Gasteiger partial charge >= 0.3 is 5.97 Å². The summed E-state index contributed by atoms with van der Waals surface area (Å²) < 4.78 is 5.16. The van der Waals surface area contributed by atoms with Gasteiger partial charge in [-0.2, -0.15) is 0 Å². The van der Waals surface area contributed by atoms with E-state index in [-0.39, 0.29) is 24.3 Å². The van der Waals surface area contributed by atoms with Crippen LogP contribution in [-0.2, 0) is 9.53 Å². The lowest BCUT2D eigenvalue weighted by atomic mass is 10.1. The van der Waals surface area contributed by atoms with Crippen molar-refractivity contribution in [3.63, 3.8) is 0 Å². The van der Waals surface area contributed by atoms with Crippen LogP contribution in [0.15, 0.2) is 4.99 Å². The first-order valence-corrected chi connectivity index (χ1v) is 8.05. The van der Waals surface area contributed by atoms with Crippen LogP contribution >= 0.6 is 12.4 Å².